The van der Waals surface area contributed by atoms with Gasteiger partial charge < -0.3 is 5.73 Å². The predicted octanol–water partition coefficient (Wildman–Crippen LogP) is 4.42. The zero-order valence-corrected chi connectivity index (χ0v) is 15.0. The number of nitrogens with zero attached hydrogens (tertiary/aromatic N) is 2. The average Bonchev–Trinajstić information content (AvgIpc) is 2.90. The van der Waals surface area contributed by atoms with Gasteiger partial charge in [-0.2, -0.15) is 5.10 Å². The number of carbonyl (C=O) groups excluding carboxylic acids is 1. The minimum absolute atomic E-state index is 0.399. The van der Waals surface area contributed by atoms with Crippen molar-refractivity contribution < 1.29 is 13.6 Å². The number of carbonyl (C=O) groups is 1. The molecule has 0 saturated heterocycles. The van der Waals surface area contributed by atoms with Gasteiger partial charge in [-0.25, -0.2) is 13.8 Å². The van der Waals surface area contributed by atoms with E-state index < -0.39 is 28.7 Å². The zero-order chi connectivity index (χ0) is 19.5. The van der Waals surface area contributed by atoms with E-state index in [1.165, 1.54) is 6.92 Å². The number of anilines is 1. The maximum atomic E-state index is 14.3. The van der Waals surface area contributed by atoms with Crippen molar-refractivity contribution in [3.8, 4) is 0 Å². The van der Waals surface area contributed by atoms with E-state index in [1.54, 1.807) is 32.0 Å². The standard InChI is InChI=1S/C20H21F2N3O/c1-5-9-15(22)18(14(21)6-2)19(26)25-20(3,4)12-17(24-25)13-10-7-8-11-16(13)23/h6-11H,1,12,23H2,2-4H3/b14-6+,18-15-. The first-order chi connectivity index (χ1) is 12.2. The van der Waals surface area contributed by atoms with Crippen molar-refractivity contribution in [2.45, 2.75) is 32.7 Å². The third-order valence-electron chi connectivity index (χ3n) is 4.03. The second kappa shape index (κ2) is 7.50. The monoisotopic (exact) mass is 357 g/mol. The Morgan fingerprint density at radius 1 is 1.38 bits per heavy atom. The Labute approximate surface area is 151 Å². The highest BCUT2D eigenvalue weighted by molar-refractivity contribution is 6.08. The summed E-state index contributed by atoms with van der Waals surface area (Å²) in [5.41, 5.74) is 8.52. The minimum Gasteiger partial charge on any atom is -0.398 e. The summed E-state index contributed by atoms with van der Waals surface area (Å²) in [4.78, 5) is 12.9. The molecule has 0 bridgehead atoms. The fraction of sp³-hybridized carbons (Fsp3) is 0.250. The molecule has 6 heteroatoms. The number of hydrogen-bond donors (Lipinski definition) is 1. The lowest BCUT2D eigenvalue weighted by molar-refractivity contribution is -0.131. The third-order valence-corrected chi connectivity index (χ3v) is 4.03. The summed E-state index contributed by atoms with van der Waals surface area (Å²) in [5.74, 6) is -2.91. The first kappa shape index (κ1) is 19.3. The molecule has 1 amide bonds. The van der Waals surface area contributed by atoms with Crippen LogP contribution in [0.3, 0.4) is 0 Å². The number of nitrogens with two attached hydrogens (primary N) is 1. The van der Waals surface area contributed by atoms with Crippen LogP contribution in [0.25, 0.3) is 0 Å². The molecule has 0 unspecified atom stereocenters. The van der Waals surface area contributed by atoms with Crippen LogP contribution in [0, 0.1) is 0 Å². The summed E-state index contributed by atoms with van der Waals surface area (Å²) in [6.45, 7) is 8.17. The fourth-order valence-corrected chi connectivity index (χ4v) is 2.74. The molecule has 1 aliphatic rings. The molecule has 0 radical (unpaired) electrons. The fourth-order valence-electron chi connectivity index (χ4n) is 2.74. The number of benzene rings is 1. The molecule has 0 spiro atoms. The number of para-hydroxylation sites is 1. The smallest absolute Gasteiger partial charge is 0.280 e. The molecule has 0 fully saturated rings. The van der Waals surface area contributed by atoms with Gasteiger partial charge in [0.1, 0.15) is 17.2 Å². The first-order valence-corrected chi connectivity index (χ1v) is 8.07. The van der Waals surface area contributed by atoms with Crippen LogP contribution in [-0.4, -0.2) is 22.2 Å². The van der Waals surface area contributed by atoms with Crippen molar-refractivity contribution in [3.63, 3.8) is 0 Å². The number of nitrogen functional groups attached to an aromatic ring is 1. The summed E-state index contributed by atoms with van der Waals surface area (Å²) < 4.78 is 28.5. The molecule has 0 aromatic heterocycles. The van der Waals surface area contributed by atoms with Gasteiger partial charge in [-0.05, 0) is 26.8 Å². The van der Waals surface area contributed by atoms with Crippen molar-refractivity contribution >= 4 is 17.3 Å². The lowest BCUT2D eigenvalue weighted by atomic mass is 9.94. The van der Waals surface area contributed by atoms with Crippen LogP contribution in [-0.2, 0) is 4.79 Å². The lowest BCUT2D eigenvalue weighted by Crippen LogP contribution is -2.41. The van der Waals surface area contributed by atoms with E-state index in [-0.39, 0.29) is 0 Å². The molecule has 2 rings (SSSR count). The van der Waals surface area contributed by atoms with Gasteiger partial charge in [-0.3, -0.25) is 4.79 Å². The van der Waals surface area contributed by atoms with E-state index in [0.29, 0.717) is 23.4 Å². The van der Waals surface area contributed by atoms with Gasteiger partial charge in [-0.15, -0.1) is 5.73 Å². The van der Waals surface area contributed by atoms with E-state index in [0.717, 1.165) is 17.2 Å². The zero-order valence-electron chi connectivity index (χ0n) is 15.0. The Balaban J connectivity index is 2.54. The van der Waals surface area contributed by atoms with Crippen molar-refractivity contribution in [2.24, 2.45) is 5.10 Å². The molecule has 26 heavy (non-hydrogen) atoms. The highest BCUT2D eigenvalue weighted by Crippen LogP contribution is 2.34. The second-order valence-electron chi connectivity index (χ2n) is 6.45. The van der Waals surface area contributed by atoms with E-state index in [1.807, 2.05) is 6.07 Å². The SMILES string of the molecule is C=C=C/C(F)=C(C(=O)N1N=C(c2ccccc2N)CC1(C)C)\C(F)=C/C. The molecule has 4 nitrogen and oxygen atoms in total. The largest absolute Gasteiger partial charge is 0.398 e. The molecular weight excluding hydrogens is 336 g/mol. The molecular formula is C20H21F2N3O. The van der Waals surface area contributed by atoms with Crippen LogP contribution in [0.1, 0.15) is 32.8 Å². The van der Waals surface area contributed by atoms with Crippen LogP contribution in [0.5, 0.6) is 0 Å². The number of halogens is 2. The van der Waals surface area contributed by atoms with Gasteiger partial charge in [0.2, 0.25) is 0 Å². The Bertz CT molecular complexity index is 875. The van der Waals surface area contributed by atoms with Crippen molar-refractivity contribution in [2.75, 3.05) is 5.73 Å². The second-order valence-corrected chi connectivity index (χ2v) is 6.45. The quantitative estimate of drug-likeness (QED) is 0.375. The summed E-state index contributed by atoms with van der Waals surface area (Å²) >= 11 is 0. The topological polar surface area (TPSA) is 58.7 Å². The molecule has 1 aromatic rings. The molecule has 1 aromatic carbocycles. The molecule has 0 saturated carbocycles. The van der Waals surface area contributed by atoms with Gasteiger partial charge in [0.05, 0.1) is 11.3 Å². The molecule has 136 valence electrons. The number of hydrazone groups is 1. The predicted molar refractivity (Wildman–Crippen MR) is 99.6 cm³/mol. The Morgan fingerprint density at radius 3 is 2.62 bits per heavy atom. The average molecular weight is 357 g/mol. The summed E-state index contributed by atoms with van der Waals surface area (Å²) in [6, 6.07) is 7.13. The maximum absolute atomic E-state index is 14.3. The molecule has 2 N–H and O–H groups in total. The Morgan fingerprint density at radius 2 is 2.04 bits per heavy atom. The highest BCUT2D eigenvalue weighted by Gasteiger charge is 2.41. The van der Waals surface area contributed by atoms with Gasteiger partial charge in [-0.1, -0.05) is 30.9 Å². The number of hydrogen-bond acceptors (Lipinski definition) is 3. The molecule has 1 aliphatic heterocycles. The van der Waals surface area contributed by atoms with Crippen LogP contribution in [0.2, 0.25) is 0 Å². The van der Waals surface area contributed by atoms with Crippen molar-refractivity contribution in [1.82, 2.24) is 5.01 Å². The summed E-state index contributed by atoms with van der Waals surface area (Å²) in [7, 11) is 0. The van der Waals surface area contributed by atoms with Crippen LogP contribution in [0.15, 0.2) is 71.1 Å². The van der Waals surface area contributed by atoms with Gasteiger partial charge in [0.25, 0.3) is 5.91 Å². The minimum atomic E-state index is -1.06. The normalized spacial score (nSPS) is 17.3. The lowest BCUT2D eigenvalue weighted by Gasteiger charge is -2.29. The number of rotatable bonds is 4. The van der Waals surface area contributed by atoms with Crippen molar-refractivity contribution in [3.05, 3.63) is 71.5 Å². The van der Waals surface area contributed by atoms with E-state index >= 15 is 0 Å². The van der Waals surface area contributed by atoms with Crippen LogP contribution < -0.4 is 5.73 Å². The highest BCUT2D eigenvalue weighted by atomic mass is 19.1. The van der Waals surface area contributed by atoms with E-state index in [9.17, 15) is 13.6 Å². The van der Waals surface area contributed by atoms with Gasteiger partial charge in [0.15, 0.2) is 0 Å². The molecule has 1 heterocycles. The Kier molecular flexibility index (Phi) is 5.58. The number of allylic oxidation sites excluding steroid dienone is 3. The van der Waals surface area contributed by atoms with Crippen molar-refractivity contribution in [1.29, 1.82) is 0 Å². The van der Waals surface area contributed by atoms with Crippen LogP contribution in [0.4, 0.5) is 14.5 Å². The van der Waals surface area contributed by atoms with E-state index in [2.05, 4.69) is 17.4 Å². The molecule has 0 aliphatic carbocycles. The van der Waals surface area contributed by atoms with Crippen LogP contribution >= 0.6 is 0 Å². The maximum Gasteiger partial charge on any atom is 0.280 e. The number of amides is 1. The van der Waals surface area contributed by atoms with E-state index in [4.69, 9.17) is 5.73 Å². The summed E-state index contributed by atoms with van der Waals surface area (Å²) in [5, 5.41) is 5.43. The molecule has 0 atom stereocenters. The van der Waals surface area contributed by atoms with Gasteiger partial charge >= 0.3 is 0 Å². The Hall–Kier alpha value is -2.98. The first-order valence-electron chi connectivity index (χ1n) is 8.07. The summed E-state index contributed by atoms with van der Waals surface area (Å²) in [6.07, 6.45) is 2.24. The third kappa shape index (κ3) is 3.65. The van der Waals surface area contributed by atoms with Gasteiger partial charge in [0, 0.05) is 23.7 Å².